The maximum absolute atomic E-state index is 5.98. The molecule has 1 aromatic rings. The molecule has 0 bridgehead atoms. The van der Waals surface area contributed by atoms with Gasteiger partial charge >= 0.3 is 0 Å². The second-order valence-corrected chi connectivity index (χ2v) is 4.43. The Balaban J connectivity index is 2.48. The first-order chi connectivity index (χ1) is 7.65. The number of nitrogens with two attached hydrogens (primary N) is 1. The average Bonchev–Trinajstić information content (AvgIpc) is 2.25. The van der Waals surface area contributed by atoms with Crippen LogP contribution in [0.1, 0.15) is 37.3 Å². The van der Waals surface area contributed by atoms with Gasteiger partial charge in [0.15, 0.2) is 0 Å². The molecule has 90 valence electrons. The fourth-order valence-corrected chi connectivity index (χ4v) is 1.77. The summed E-state index contributed by atoms with van der Waals surface area (Å²) in [7, 11) is 0. The first-order valence-corrected chi connectivity index (χ1v) is 6.09. The lowest BCUT2D eigenvalue weighted by Crippen LogP contribution is -2.27. The van der Waals surface area contributed by atoms with Crippen LogP contribution in [-0.4, -0.2) is 12.6 Å². The topological polar surface area (TPSA) is 35.2 Å². The van der Waals surface area contributed by atoms with Gasteiger partial charge in [-0.15, -0.1) is 0 Å². The van der Waals surface area contributed by atoms with Gasteiger partial charge in [-0.25, -0.2) is 0 Å². The summed E-state index contributed by atoms with van der Waals surface area (Å²) < 4.78 is 5.80. The average molecular weight is 221 g/mol. The number of benzene rings is 1. The molecular formula is C14H23NO. The van der Waals surface area contributed by atoms with Crippen LogP contribution in [0.5, 0.6) is 5.75 Å². The number of unbranched alkanes of at least 4 members (excludes halogenated alkanes) is 1. The van der Waals surface area contributed by atoms with Crippen LogP contribution in [0.4, 0.5) is 0 Å². The SMILES string of the molecule is CCCCC(N)COc1c(C)cccc1C. The predicted molar refractivity (Wildman–Crippen MR) is 68.9 cm³/mol. The molecule has 16 heavy (non-hydrogen) atoms. The van der Waals surface area contributed by atoms with E-state index in [-0.39, 0.29) is 6.04 Å². The molecule has 0 saturated heterocycles. The molecular weight excluding hydrogens is 198 g/mol. The van der Waals surface area contributed by atoms with Gasteiger partial charge < -0.3 is 10.5 Å². The molecule has 0 aliphatic heterocycles. The zero-order chi connectivity index (χ0) is 12.0. The Kier molecular flexibility index (Phi) is 5.33. The van der Waals surface area contributed by atoms with Crippen molar-refractivity contribution in [1.29, 1.82) is 0 Å². The summed E-state index contributed by atoms with van der Waals surface area (Å²) >= 11 is 0. The molecule has 2 nitrogen and oxygen atoms in total. The standard InChI is InChI=1S/C14H23NO/c1-4-5-9-13(15)10-16-14-11(2)7-6-8-12(14)3/h6-8,13H,4-5,9-10,15H2,1-3H3. The predicted octanol–water partition coefficient (Wildman–Crippen LogP) is 3.20. The molecule has 1 atom stereocenters. The number of hydrogen-bond acceptors (Lipinski definition) is 2. The van der Waals surface area contributed by atoms with Crippen LogP contribution in [0, 0.1) is 13.8 Å². The normalized spacial score (nSPS) is 12.5. The van der Waals surface area contributed by atoms with Crippen molar-refractivity contribution >= 4 is 0 Å². The van der Waals surface area contributed by atoms with Crippen molar-refractivity contribution in [2.75, 3.05) is 6.61 Å². The van der Waals surface area contributed by atoms with Crippen LogP contribution >= 0.6 is 0 Å². The number of hydrogen-bond donors (Lipinski definition) is 1. The van der Waals surface area contributed by atoms with Crippen molar-refractivity contribution in [2.24, 2.45) is 5.73 Å². The Morgan fingerprint density at radius 3 is 2.44 bits per heavy atom. The van der Waals surface area contributed by atoms with Gasteiger partial charge in [0.25, 0.3) is 0 Å². The fourth-order valence-electron chi connectivity index (χ4n) is 1.77. The Bertz CT molecular complexity index is 302. The van der Waals surface area contributed by atoms with Gasteiger partial charge in [-0.05, 0) is 31.4 Å². The van der Waals surface area contributed by atoms with Gasteiger partial charge in [0, 0.05) is 6.04 Å². The van der Waals surface area contributed by atoms with Crippen LogP contribution in [0.3, 0.4) is 0 Å². The van der Waals surface area contributed by atoms with Crippen LogP contribution in [0.15, 0.2) is 18.2 Å². The zero-order valence-corrected chi connectivity index (χ0v) is 10.6. The molecule has 0 aromatic heterocycles. The van der Waals surface area contributed by atoms with Crippen molar-refractivity contribution in [1.82, 2.24) is 0 Å². The Morgan fingerprint density at radius 2 is 1.88 bits per heavy atom. The molecule has 1 aromatic carbocycles. The Morgan fingerprint density at radius 1 is 1.25 bits per heavy atom. The van der Waals surface area contributed by atoms with Gasteiger partial charge in [0.2, 0.25) is 0 Å². The highest BCUT2D eigenvalue weighted by atomic mass is 16.5. The van der Waals surface area contributed by atoms with E-state index in [9.17, 15) is 0 Å². The minimum atomic E-state index is 0.152. The van der Waals surface area contributed by atoms with Crippen molar-refractivity contribution < 1.29 is 4.74 Å². The number of aryl methyl sites for hydroxylation is 2. The summed E-state index contributed by atoms with van der Waals surface area (Å²) in [6.45, 7) is 6.94. The van der Waals surface area contributed by atoms with Gasteiger partial charge in [0.1, 0.15) is 12.4 Å². The Hall–Kier alpha value is -1.02. The highest BCUT2D eigenvalue weighted by Gasteiger charge is 2.06. The van der Waals surface area contributed by atoms with Crippen LogP contribution in [0.25, 0.3) is 0 Å². The summed E-state index contributed by atoms with van der Waals surface area (Å²) in [5, 5.41) is 0. The molecule has 1 rings (SSSR count). The molecule has 0 heterocycles. The summed E-state index contributed by atoms with van der Waals surface area (Å²) in [6.07, 6.45) is 3.41. The van der Waals surface area contributed by atoms with E-state index in [1.54, 1.807) is 0 Å². The van der Waals surface area contributed by atoms with E-state index in [0.29, 0.717) is 6.61 Å². The van der Waals surface area contributed by atoms with Crippen LogP contribution < -0.4 is 10.5 Å². The first-order valence-electron chi connectivity index (χ1n) is 6.09. The Labute approximate surface area is 98.8 Å². The molecule has 2 N–H and O–H groups in total. The van der Waals surface area contributed by atoms with E-state index < -0.39 is 0 Å². The third-order valence-electron chi connectivity index (χ3n) is 2.78. The molecule has 0 aliphatic rings. The summed E-state index contributed by atoms with van der Waals surface area (Å²) in [6, 6.07) is 6.34. The summed E-state index contributed by atoms with van der Waals surface area (Å²) in [4.78, 5) is 0. The smallest absolute Gasteiger partial charge is 0.125 e. The van der Waals surface area contributed by atoms with E-state index in [2.05, 4.69) is 39.0 Å². The molecule has 0 amide bonds. The van der Waals surface area contributed by atoms with E-state index in [0.717, 1.165) is 12.2 Å². The molecule has 2 heteroatoms. The van der Waals surface area contributed by atoms with E-state index in [1.165, 1.54) is 24.0 Å². The monoisotopic (exact) mass is 221 g/mol. The van der Waals surface area contributed by atoms with Crippen molar-refractivity contribution in [3.05, 3.63) is 29.3 Å². The quantitative estimate of drug-likeness (QED) is 0.800. The molecule has 0 fully saturated rings. The number of para-hydroxylation sites is 1. The van der Waals surface area contributed by atoms with Gasteiger partial charge in [0.05, 0.1) is 0 Å². The van der Waals surface area contributed by atoms with Crippen LogP contribution in [-0.2, 0) is 0 Å². The van der Waals surface area contributed by atoms with Gasteiger partial charge in [-0.1, -0.05) is 38.0 Å². The van der Waals surface area contributed by atoms with Crippen molar-refractivity contribution in [2.45, 2.75) is 46.1 Å². The maximum atomic E-state index is 5.98. The minimum absolute atomic E-state index is 0.152. The maximum Gasteiger partial charge on any atom is 0.125 e. The molecule has 1 unspecified atom stereocenters. The highest BCUT2D eigenvalue weighted by molar-refractivity contribution is 5.39. The second kappa shape index (κ2) is 6.54. The number of rotatable bonds is 6. The fraction of sp³-hybridized carbons (Fsp3) is 0.571. The van der Waals surface area contributed by atoms with Gasteiger partial charge in [-0.2, -0.15) is 0 Å². The summed E-state index contributed by atoms with van der Waals surface area (Å²) in [5.41, 5.74) is 8.35. The molecule has 0 aliphatic carbocycles. The lowest BCUT2D eigenvalue weighted by Gasteiger charge is -2.15. The molecule has 0 spiro atoms. The van der Waals surface area contributed by atoms with Crippen molar-refractivity contribution in [3.63, 3.8) is 0 Å². The van der Waals surface area contributed by atoms with E-state index in [1.807, 2.05) is 0 Å². The third kappa shape index (κ3) is 3.86. The lowest BCUT2D eigenvalue weighted by atomic mass is 10.1. The van der Waals surface area contributed by atoms with Crippen LogP contribution in [0.2, 0.25) is 0 Å². The zero-order valence-electron chi connectivity index (χ0n) is 10.6. The lowest BCUT2D eigenvalue weighted by molar-refractivity contribution is 0.276. The highest BCUT2D eigenvalue weighted by Crippen LogP contribution is 2.22. The van der Waals surface area contributed by atoms with E-state index in [4.69, 9.17) is 10.5 Å². The largest absolute Gasteiger partial charge is 0.491 e. The second-order valence-electron chi connectivity index (χ2n) is 4.43. The first kappa shape index (κ1) is 13.0. The summed E-state index contributed by atoms with van der Waals surface area (Å²) in [5.74, 6) is 0.995. The molecule has 0 saturated carbocycles. The van der Waals surface area contributed by atoms with E-state index >= 15 is 0 Å². The minimum Gasteiger partial charge on any atom is -0.491 e. The van der Waals surface area contributed by atoms with Crippen molar-refractivity contribution in [3.8, 4) is 5.75 Å². The number of ether oxygens (including phenoxy) is 1. The third-order valence-corrected chi connectivity index (χ3v) is 2.78. The molecule has 0 radical (unpaired) electrons. The van der Waals surface area contributed by atoms with Gasteiger partial charge in [-0.3, -0.25) is 0 Å².